The average molecular weight is 391 g/mol. The molecule has 0 saturated heterocycles. The van der Waals surface area contributed by atoms with E-state index in [-0.39, 0.29) is 22.9 Å². The Morgan fingerprint density at radius 3 is 2.33 bits per heavy atom. The first kappa shape index (κ1) is 20.9. The molecule has 146 valence electrons. The van der Waals surface area contributed by atoms with Gasteiger partial charge >= 0.3 is 0 Å². The van der Waals surface area contributed by atoms with E-state index in [0.29, 0.717) is 18.2 Å². The van der Waals surface area contributed by atoms with Crippen molar-refractivity contribution in [2.24, 2.45) is 0 Å². The largest absolute Gasteiger partial charge is 0.496 e. The molecule has 0 atom stereocenters. The van der Waals surface area contributed by atoms with Crippen LogP contribution in [-0.2, 0) is 16.6 Å². The quantitative estimate of drug-likeness (QED) is 0.726. The summed E-state index contributed by atoms with van der Waals surface area (Å²) in [7, 11) is -2.33. The minimum Gasteiger partial charge on any atom is -0.496 e. The van der Waals surface area contributed by atoms with Crippen molar-refractivity contribution < 1.29 is 17.9 Å². The first-order valence-electron chi connectivity index (χ1n) is 8.83. The van der Waals surface area contributed by atoms with Gasteiger partial charge < -0.3 is 10.1 Å². The normalized spacial score (nSPS) is 11.4. The van der Waals surface area contributed by atoms with Crippen LogP contribution < -0.4 is 14.8 Å². The lowest BCUT2D eigenvalue weighted by Crippen LogP contribution is -2.26. The van der Waals surface area contributed by atoms with Gasteiger partial charge in [-0.1, -0.05) is 38.1 Å². The summed E-state index contributed by atoms with van der Waals surface area (Å²) in [5, 5.41) is 2.65. The summed E-state index contributed by atoms with van der Waals surface area (Å²) in [5.74, 6) is 0.363. The summed E-state index contributed by atoms with van der Waals surface area (Å²) in [6, 6.07) is 12.0. The molecular weight excluding hydrogens is 364 g/mol. The van der Waals surface area contributed by atoms with Gasteiger partial charge in [0.05, 0.1) is 17.6 Å². The van der Waals surface area contributed by atoms with Crippen molar-refractivity contribution in [2.45, 2.75) is 38.1 Å². The molecule has 0 aliphatic carbocycles. The topological polar surface area (TPSA) is 84.5 Å². The van der Waals surface area contributed by atoms with Gasteiger partial charge in [-0.3, -0.25) is 4.79 Å². The minimum atomic E-state index is -3.77. The Bertz CT molecular complexity index is 891. The highest BCUT2D eigenvalue weighted by molar-refractivity contribution is 7.89. The molecule has 2 aromatic rings. The summed E-state index contributed by atoms with van der Waals surface area (Å²) < 4.78 is 33.0. The molecule has 2 rings (SSSR count). The number of methoxy groups -OCH3 is 1. The third-order valence-electron chi connectivity index (χ3n) is 4.18. The van der Waals surface area contributed by atoms with Crippen LogP contribution in [0.3, 0.4) is 0 Å². The molecule has 2 N–H and O–H groups in total. The van der Waals surface area contributed by atoms with Crippen LogP contribution in [0.5, 0.6) is 5.75 Å². The SMILES string of the molecule is CCNC(=O)c1cc(S(=O)(=O)NCc2ccc(C(C)C)cc2)ccc1OC. The van der Waals surface area contributed by atoms with E-state index in [2.05, 4.69) is 23.9 Å². The third-order valence-corrected chi connectivity index (χ3v) is 5.57. The number of nitrogens with one attached hydrogen (secondary N) is 2. The molecule has 0 unspecified atom stereocenters. The van der Waals surface area contributed by atoms with E-state index in [0.717, 1.165) is 5.56 Å². The zero-order chi connectivity index (χ0) is 20.0. The number of carbonyl (C=O) groups excluding carboxylic acids is 1. The lowest BCUT2D eigenvalue weighted by molar-refractivity contribution is 0.0952. The second-order valence-corrected chi connectivity index (χ2v) is 8.21. The highest BCUT2D eigenvalue weighted by atomic mass is 32.2. The van der Waals surface area contributed by atoms with Gasteiger partial charge in [-0.05, 0) is 42.2 Å². The Balaban J connectivity index is 2.20. The maximum absolute atomic E-state index is 12.6. The highest BCUT2D eigenvalue weighted by Gasteiger charge is 2.19. The molecule has 2 aromatic carbocycles. The van der Waals surface area contributed by atoms with Crippen molar-refractivity contribution in [3.05, 3.63) is 59.2 Å². The van der Waals surface area contributed by atoms with Crippen LogP contribution in [0.25, 0.3) is 0 Å². The van der Waals surface area contributed by atoms with Gasteiger partial charge in [0.15, 0.2) is 0 Å². The first-order valence-corrected chi connectivity index (χ1v) is 10.3. The summed E-state index contributed by atoms with van der Waals surface area (Å²) >= 11 is 0. The Morgan fingerprint density at radius 2 is 1.78 bits per heavy atom. The summed E-state index contributed by atoms with van der Waals surface area (Å²) in [6.07, 6.45) is 0. The van der Waals surface area contributed by atoms with E-state index >= 15 is 0 Å². The van der Waals surface area contributed by atoms with Crippen LogP contribution in [0.15, 0.2) is 47.4 Å². The number of ether oxygens (including phenoxy) is 1. The van der Waals surface area contributed by atoms with Crippen LogP contribution in [-0.4, -0.2) is 28.0 Å². The number of sulfonamides is 1. The molecular formula is C20H26N2O4S. The van der Waals surface area contributed by atoms with Crippen molar-refractivity contribution >= 4 is 15.9 Å². The molecule has 7 heteroatoms. The van der Waals surface area contributed by atoms with Gasteiger partial charge in [0.25, 0.3) is 5.91 Å². The van der Waals surface area contributed by atoms with Crippen LogP contribution in [0.4, 0.5) is 0 Å². The lowest BCUT2D eigenvalue weighted by Gasteiger charge is -2.12. The van der Waals surface area contributed by atoms with Crippen LogP contribution in [0.2, 0.25) is 0 Å². The molecule has 0 saturated carbocycles. The maximum Gasteiger partial charge on any atom is 0.255 e. The van der Waals surface area contributed by atoms with Gasteiger partial charge in [-0.25, -0.2) is 13.1 Å². The monoisotopic (exact) mass is 390 g/mol. The van der Waals surface area contributed by atoms with E-state index in [1.165, 1.54) is 30.9 Å². The number of benzene rings is 2. The zero-order valence-corrected chi connectivity index (χ0v) is 16.9. The summed E-state index contributed by atoms with van der Waals surface area (Å²) in [5.41, 5.74) is 2.24. The van der Waals surface area contributed by atoms with Gasteiger partial charge in [0.1, 0.15) is 5.75 Å². The fourth-order valence-electron chi connectivity index (χ4n) is 2.57. The smallest absolute Gasteiger partial charge is 0.255 e. The summed E-state index contributed by atoms with van der Waals surface area (Å²) in [6.45, 7) is 6.60. The van der Waals surface area contributed by atoms with Crippen LogP contribution >= 0.6 is 0 Å². The molecule has 0 radical (unpaired) electrons. The van der Waals surface area contributed by atoms with E-state index in [1.54, 1.807) is 6.92 Å². The standard InChI is InChI=1S/C20H26N2O4S/c1-5-21-20(23)18-12-17(10-11-19(18)26-4)27(24,25)22-13-15-6-8-16(9-7-15)14(2)3/h6-12,14,22H,5,13H2,1-4H3,(H,21,23). The van der Waals surface area contributed by atoms with Crippen LogP contribution in [0, 0.1) is 0 Å². The molecule has 0 bridgehead atoms. The van der Waals surface area contributed by atoms with Gasteiger partial charge in [-0.2, -0.15) is 0 Å². The molecule has 0 aliphatic rings. The van der Waals surface area contributed by atoms with Crippen molar-refractivity contribution in [2.75, 3.05) is 13.7 Å². The Kier molecular flexibility index (Phi) is 6.98. The van der Waals surface area contributed by atoms with E-state index in [1.807, 2.05) is 24.3 Å². The Hall–Kier alpha value is -2.38. The van der Waals surface area contributed by atoms with Crippen molar-refractivity contribution in [1.29, 1.82) is 0 Å². The molecule has 0 aliphatic heterocycles. The first-order chi connectivity index (χ1) is 12.8. The van der Waals surface area contributed by atoms with Gasteiger partial charge in [0, 0.05) is 13.1 Å². The number of hydrogen-bond acceptors (Lipinski definition) is 4. The maximum atomic E-state index is 12.6. The number of carbonyl (C=O) groups is 1. The van der Waals surface area contributed by atoms with Gasteiger partial charge in [0.2, 0.25) is 10.0 Å². The number of amides is 1. The second kappa shape index (κ2) is 9.01. The molecule has 27 heavy (non-hydrogen) atoms. The minimum absolute atomic E-state index is 0.0170. The van der Waals surface area contributed by atoms with E-state index in [4.69, 9.17) is 4.74 Å². The molecule has 0 spiro atoms. The summed E-state index contributed by atoms with van der Waals surface area (Å²) in [4.78, 5) is 12.2. The van der Waals surface area contributed by atoms with Crippen molar-refractivity contribution in [3.63, 3.8) is 0 Å². The molecule has 0 aromatic heterocycles. The molecule has 6 nitrogen and oxygen atoms in total. The predicted molar refractivity (Wildman–Crippen MR) is 106 cm³/mol. The number of rotatable bonds is 8. The fraction of sp³-hybridized carbons (Fsp3) is 0.350. The lowest BCUT2D eigenvalue weighted by atomic mass is 10.0. The predicted octanol–water partition coefficient (Wildman–Crippen LogP) is 3.05. The Labute approximate surface area is 161 Å². The fourth-order valence-corrected chi connectivity index (χ4v) is 3.61. The Morgan fingerprint density at radius 1 is 1.11 bits per heavy atom. The molecule has 0 fully saturated rings. The average Bonchev–Trinajstić information content (AvgIpc) is 2.66. The third kappa shape index (κ3) is 5.30. The van der Waals surface area contributed by atoms with E-state index < -0.39 is 10.0 Å². The zero-order valence-electron chi connectivity index (χ0n) is 16.1. The van der Waals surface area contributed by atoms with E-state index in [9.17, 15) is 13.2 Å². The van der Waals surface area contributed by atoms with Crippen molar-refractivity contribution in [1.82, 2.24) is 10.0 Å². The molecule has 1 amide bonds. The molecule has 0 heterocycles. The van der Waals surface area contributed by atoms with Gasteiger partial charge in [-0.15, -0.1) is 0 Å². The van der Waals surface area contributed by atoms with Crippen molar-refractivity contribution in [3.8, 4) is 5.75 Å². The number of hydrogen-bond donors (Lipinski definition) is 2. The second-order valence-electron chi connectivity index (χ2n) is 6.44. The highest BCUT2D eigenvalue weighted by Crippen LogP contribution is 2.23. The van der Waals surface area contributed by atoms with Crippen LogP contribution in [0.1, 0.15) is 48.2 Å².